The van der Waals surface area contributed by atoms with Crippen molar-refractivity contribution in [2.75, 3.05) is 26.4 Å². The minimum Gasteiger partial charge on any atom is -0.394 e. The van der Waals surface area contributed by atoms with Crippen molar-refractivity contribution >= 4 is 21.2 Å². The second kappa shape index (κ2) is 24.1. The topological polar surface area (TPSA) is 73.9 Å². The van der Waals surface area contributed by atoms with E-state index in [0.717, 1.165) is 19.3 Å². The molecule has 2 unspecified atom stereocenters. The molecule has 5 nitrogen and oxygen atoms in total. The SMILES string of the molecule is CCCCCCCCCCCCCCCC(C(CC(C)C)C(C)(C)N)[Si](OCC)(OCC)OCCO.Cl. The van der Waals surface area contributed by atoms with Crippen LogP contribution in [0.3, 0.4) is 0 Å². The molecular formula is C30H66ClNO4Si. The lowest BCUT2D eigenvalue weighted by atomic mass is 9.78. The van der Waals surface area contributed by atoms with Crippen molar-refractivity contribution in [3.8, 4) is 0 Å². The summed E-state index contributed by atoms with van der Waals surface area (Å²) in [6, 6.07) is 0. The van der Waals surface area contributed by atoms with Gasteiger partial charge in [0.25, 0.3) is 0 Å². The molecule has 0 heterocycles. The minimum absolute atomic E-state index is 0. The zero-order valence-corrected chi connectivity index (χ0v) is 27.6. The molecule has 0 bridgehead atoms. The lowest BCUT2D eigenvalue weighted by molar-refractivity contribution is 0.0295. The fraction of sp³-hybridized carbons (Fsp3) is 1.00. The standard InChI is InChI=1S/C30H65NO4Si.ClH/c1-8-11-12-13-14-15-16-17-18-19-20-21-22-23-29(28(26-27(4)5)30(6,7)31)36(33-9-2,34-10-3)35-25-24-32;/h27-29,32H,8-26,31H2,1-7H3;1H. The zero-order chi connectivity index (χ0) is 27.3. The number of aliphatic hydroxyl groups is 1. The Morgan fingerprint density at radius 3 is 1.51 bits per heavy atom. The quantitative estimate of drug-likeness (QED) is 0.0807. The normalized spacial score (nSPS) is 14.1. The molecular weight excluding hydrogens is 502 g/mol. The Bertz CT molecular complexity index is 485. The van der Waals surface area contributed by atoms with Crippen molar-refractivity contribution < 1.29 is 18.4 Å². The Balaban J connectivity index is 0. The Hall–Kier alpha value is 0.307. The van der Waals surface area contributed by atoms with Crippen LogP contribution in [0.1, 0.15) is 145 Å². The number of halogens is 1. The van der Waals surface area contributed by atoms with Gasteiger partial charge in [-0.25, -0.2) is 0 Å². The maximum atomic E-state index is 9.55. The van der Waals surface area contributed by atoms with Crippen LogP contribution < -0.4 is 5.73 Å². The molecule has 0 aliphatic heterocycles. The van der Waals surface area contributed by atoms with E-state index in [-0.39, 0.29) is 42.6 Å². The summed E-state index contributed by atoms with van der Waals surface area (Å²) < 4.78 is 19.1. The molecule has 0 spiro atoms. The number of hydrogen-bond acceptors (Lipinski definition) is 5. The van der Waals surface area contributed by atoms with E-state index in [1.165, 1.54) is 77.0 Å². The van der Waals surface area contributed by atoms with Crippen LogP contribution in [0.15, 0.2) is 0 Å². The summed E-state index contributed by atoms with van der Waals surface area (Å²) in [5, 5.41) is 9.55. The molecule has 3 N–H and O–H groups in total. The van der Waals surface area contributed by atoms with Crippen molar-refractivity contribution in [3.05, 3.63) is 0 Å². The Morgan fingerprint density at radius 1 is 0.730 bits per heavy atom. The highest BCUT2D eigenvalue weighted by molar-refractivity contribution is 6.62. The van der Waals surface area contributed by atoms with Crippen molar-refractivity contribution in [1.29, 1.82) is 0 Å². The van der Waals surface area contributed by atoms with Gasteiger partial charge >= 0.3 is 8.80 Å². The van der Waals surface area contributed by atoms with Crippen molar-refractivity contribution in [2.24, 2.45) is 17.6 Å². The third kappa shape index (κ3) is 18.3. The van der Waals surface area contributed by atoms with Gasteiger partial charge < -0.3 is 24.1 Å². The highest BCUT2D eigenvalue weighted by atomic mass is 35.5. The van der Waals surface area contributed by atoms with E-state index in [1.54, 1.807) is 0 Å². The summed E-state index contributed by atoms with van der Waals surface area (Å²) >= 11 is 0. The number of hydrogen-bond donors (Lipinski definition) is 2. The van der Waals surface area contributed by atoms with Gasteiger partial charge in [0.05, 0.1) is 13.2 Å². The van der Waals surface area contributed by atoms with E-state index in [1.807, 2.05) is 13.8 Å². The average molecular weight is 568 g/mol. The Kier molecular flexibility index (Phi) is 25.7. The van der Waals surface area contributed by atoms with Gasteiger partial charge in [0.1, 0.15) is 0 Å². The van der Waals surface area contributed by atoms with E-state index < -0.39 is 8.80 Å². The van der Waals surface area contributed by atoms with Gasteiger partial charge in [-0.2, -0.15) is 0 Å². The van der Waals surface area contributed by atoms with Crippen LogP contribution in [0, 0.1) is 11.8 Å². The molecule has 0 aliphatic rings. The van der Waals surface area contributed by atoms with E-state index in [0.29, 0.717) is 19.1 Å². The summed E-state index contributed by atoms with van der Waals surface area (Å²) in [6.07, 6.45) is 19.6. The van der Waals surface area contributed by atoms with Crippen molar-refractivity contribution in [1.82, 2.24) is 0 Å². The van der Waals surface area contributed by atoms with E-state index in [4.69, 9.17) is 19.0 Å². The Morgan fingerprint density at radius 2 is 1.16 bits per heavy atom. The molecule has 0 aromatic heterocycles. The molecule has 0 rings (SSSR count). The number of rotatable bonds is 26. The van der Waals surface area contributed by atoms with Gasteiger partial charge in [-0.15, -0.1) is 12.4 Å². The van der Waals surface area contributed by atoms with Gasteiger partial charge in [-0.3, -0.25) is 0 Å². The number of unbranched alkanes of at least 4 members (excludes halogenated alkanes) is 12. The lowest BCUT2D eigenvalue weighted by Crippen LogP contribution is -2.57. The van der Waals surface area contributed by atoms with Gasteiger partial charge in [0.15, 0.2) is 0 Å². The van der Waals surface area contributed by atoms with Crippen LogP contribution in [0.4, 0.5) is 0 Å². The summed E-state index contributed by atoms with van der Waals surface area (Å²) in [6.45, 7) is 16.4. The second-order valence-corrected chi connectivity index (χ2v) is 14.6. The Labute approximate surface area is 239 Å². The largest absolute Gasteiger partial charge is 0.504 e. The maximum absolute atomic E-state index is 9.55. The van der Waals surface area contributed by atoms with Crippen LogP contribution in [-0.4, -0.2) is 45.9 Å². The third-order valence-corrected chi connectivity index (χ3v) is 10.9. The number of aliphatic hydroxyl groups excluding tert-OH is 1. The first-order valence-corrected chi connectivity index (χ1v) is 17.3. The minimum atomic E-state index is -3.03. The van der Waals surface area contributed by atoms with Gasteiger partial charge in [-0.05, 0) is 52.4 Å². The predicted molar refractivity (Wildman–Crippen MR) is 165 cm³/mol. The lowest BCUT2D eigenvalue weighted by Gasteiger charge is -2.45. The van der Waals surface area contributed by atoms with Crippen LogP contribution in [0.25, 0.3) is 0 Å². The first-order chi connectivity index (χ1) is 17.2. The van der Waals surface area contributed by atoms with Crippen molar-refractivity contribution in [3.63, 3.8) is 0 Å². The summed E-state index contributed by atoms with van der Waals surface area (Å²) in [7, 11) is -3.03. The van der Waals surface area contributed by atoms with E-state index >= 15 is 0 Å². The summed E-state index contributed by atoms with van der Waals surface area (Å²) in [4.78, 5) is 0. The summed E-state index contributed by atoms with van der Waals surface area (Å²) in [5.74, 6) is 0.762. The number of nitrogens with two attached hydrogens (primary N) is 1. The molecule has 0 radical (unpaired) electrons. The second-order valence-electron chi connectivity index (χ2n) is 11.7. The molecule has 0 aromatic carbocycles. The van der Waals surface area contributed by atoms with Gasteiger partial charge in [0, 0.05) is 24.3 Å². The zero-order valence-electron chi connectivity index (χ0n) is 25.8. The maximum Gasteiger partial charge on any atom is 0.504 e. The van der Waals surface area contributed by atoms with Crippen LogP contribution in [0.2, 0.25) is 5.54 Å². The van der Waals surface area contributed by atoms with Gasteiger partial charge in [-0.1, -0.05) is 104 Å². The average Bonchev–Trinajstić information content (AvgIpc) is 2.81. The summed E-state index contributed by atoms with van der Waals surface area (Å²) in [5.41, 5.74) is 6.57. The highest BCUT2D eigenvalue weighted by Crippen LogP contribution is 2.44. The molecule has 226 valence electrons. The first-order valence-electron chi connectivity index (χ1n) is 15.5. The molecule has 0 aromatic rings. The molecule has 0 fully saturated rings. The third-order valence-electron chi connectivity index (χ3n) is 7.33. The molecule has 0 saturated carbocycles. The predicted octanol–water partition coefficient (Wildman–Crippen LogP) is 8.68. The van der Waals surface area contributed by atoms with Crippen LogP contribution in [0.5, 0.6) is 0 Å². The monoisotopic (exact) mass is 567 g/mol. The highest BCUT2D eigenvalue weighted by Gasteiger charge is 2.54. The van der Waals surface area contributed by atoms with E-state index in [9.17, 15) is 5.11 Å². The molecule has 0 saturated heterocycles. The fourth-order valence-corrected chi connectivity index (χ4v) is 9.23. The van der Waals surface area contributed by atoms with Crippen molar-refractivity contribution in [2.45, 2.75) is 156 Å². The van der Waals surface area contributed by atoms with Crippen LogP contribution >= 0.6 is 12.4 Å². The molecule has 7 heteroatoms. The van der Waals surface area contributed by atoms with E-state index in [2.05, 4.69) is 34.6 Å². The first kappa shape index (κ1) is 39.5. The van der Waals surface area contributed by atoms with Crippen LogP contribution in [-0.2, 0) is 13.3 Å². The molecule has 2 atom stereocenters. The molecule has 0 aliphatic carbocycles. The smallest absolute Gasteiger partial charge is 0.394 e. The fourth-order valence-electron chi connectivity index (χ4n) is 5.54. The molecule has 0 amide bonds. The molecule has 37 heavy (non-hydrogen) atoms. The van der Waals surface area contributed by atoms with Gasteiger partial charge in [0.2, 0.25) is 0 Å².